The Hall–Kier alpha value is -3.55. The predicted molar refractivity (Wildman–Crippen MR) is 141 cm³/mol. The van der Waals surface area contributed by atoms with Gasteiger partial charge in [0, 0.05) is 25.8 Å². The molecule has 0 amide bonds. The normalized spacial score (nSPS) is 9.49. The van der Waals surface area contributed by atoms with E-state index in [1.54, 1.807) is 26.0 Å². The molecular formula is C28H25FO4S2. The standard InChI is InChI=1S/C14H12O2S.C7H5FO.C7H8OS/c1-16-12-4-8-14(9-5-12)17-13-6-2-11(10-15)3-7-13;8-7-3-1-6(5-9)2-4-7;1-8-6-2-4-7(9)5-3-6/h2-10H,1H3;1-5H;2-5,9H,1H3. The van der Waals surface area contributed by atoms with E-state index in [-0.39, 0.29) is 5.82 Å². The van der Waals surface area contributed by atoms with Gasteiger partial charge in [-0.25, -0.2) is 4.39 Å². The molecule has 7 heteroatoms. The first-order chi connectivity index (χ1) is 17.0. The number of methoxy groups -OCH3 is 2. The van der Waals surface area contributed by atoms with Crippen LogP contribution in [0.25, 0.3) is 0 Å². The van der Waals surface area contributed by atoms with Crippen LogP contribution in [0.4, 0.5) is 4.39 Å². The van der Waals surface area contributed by atoms with E-state index in [9.17, 15) is 14.0 Å². The average molecular weight is 509 g/mol. The van der Waals surface area contributed by atoms with Gasteiger partial charge in [-0.1, -0.05) is 23.9 Å². The fourth-order valence-electron chi connectivity index (χ4n) is 2.52. The summed E-state index contributed by atoms with van der Waals surface area (Å²) in [4.78, 5) is 23.7. The van der Waals surface area contributed by atoms with E-state index in [2.05, 4.69) is 12.6 Å². The highest BCUT2D eigenvalue weighted by Gasteiger charge is 1.98. The molecule has 0 atom stereocenters. The summed E-state index contributed by atoms with van der Waals surface area (Å²) in [6, 6.07) is 28.3. The Labute approximate surface area is 214 Å². The van der Waals surface area contributed by atoms with Crippen LogP contribution in [-0.4, -0.2) is 26.8 Å². The first-order valence-corrected chi connectivity index (χ1v) is 11.6. The number of halogens is 1. The van der Waals surface area contributed by atoms with Crippen LogP contribution in [0.3, 0.4) is 0 Å². The maximum absolute atomic E-state index is 12.1. The van der Waals surface area contributed by atoms with Crippen molar-refractivity contribution >= 4 is 37.0 Å². The predicted octanol–water partition coefficient (Wildman–Crippen LogP) is 7.28. The van der Waals surface area contributed by atoms with E-state index in [1.165, 1.54) is 24.3 Å². The molecule has 0 aliphatic carbocycles. The molecule has 4 aromatic rings. The molecule has 0 heterocycles. The number of rotatable bonds is 6. The number of thiol groups is 1. The number of carbonyl (C=O) groups is 2. The van der Waals surface area contributed by atoms with Gasteiger partial charge in [0.15, 0.2) is 0 Å². The highest BCUT2D eigenvalue weighted by atomic mass is 32.2. The van der Waals surface area contributed by atoms with Crippen molar-refractivity contribution in [3.05, 3.63) is 114 Å². The first-order valence-electron chi connectivity index (χ1n) is 10.4. The summed E-state index contributed by atoms with van der Waals surface area (Å²) in [6.07, 6.45) is 1.53. The molecule has 4 rings (SSSR count). The maximum atomic E-state index is 12.1. The minimum Gasteiger partial charge on any atom is -0.497 e. The Morgan fingerprint density at radius 1 is 0.629 bits per heavy atom. The van der Waals surface area contributed by atoms with Crippen molar-refractivity contribution in [3.8, 4) is 11.5 Å². The molecule has 35 heavy (non-hydrogen) atoms. The largest absolute Gasteiger partial charge is 0.497 e. The van der Waals surface area contributed by atoms with E-state index in [0.717, 1.165) is 32.5 Å². The first kappa shape index (κ1) is 27.7. The third-order valence-electron chi connectivity index (χ3n) is 4.39. The van der Waals surface area contributed by atoms with Gasteiger partial charge in [0.2, 0.25) is 0 Å². The Balaban J connectivity index is 0.000000203. The van der Waals surface area contributed by atoms with Gasteiger partial charge < -0.3 is 9.47 Å². The second-order valence-electron chi connectivity index (χ2n) is 6.83. The zero-order valence-corrected chi connectivity index (χ0v) is 21.0. The lowest BCUT2D eigenvalue weighted by atomic mass is 10.2. The van der Waals surface area contributed by atoms with Gasteiger partial charge in [-0.05, 0) is 84.9 Å². The van der Waals surface area contributed by atoms with Gasteiger partial charge in [-0.15, -0.1) is 12.6 Å². The number of carbonyl (C=O) groups excluding carboxylic acids is 2. The van der Waals surface area contributed by atoms with Crippen molar-refractivity contribution < 1.29 is 23.5 Å². The molecule has 4 nitrogen and oxygen atoms in total. The smallest absolute Gasteiger partial charge is 0.150 e. The van der Waals surface area contributed by atoms with E-state index in [0.29, 0.717) is 17.4 Å². The number of ether oxygens (including phenoxy) is 2. The zero-order valence-electron chi connectivity index (χ0n) is 19.3. The summed E-state index contributed by atoms with van der Waals surface area (Å²) in [5.74, 6) is 1.40. The lowest BCUT2D eigenvalue weighted by Gasteiger charge is -2.03. The summed E-state index contributed by atoms with van der Waals surface area (Å²) < 4.78 is 22.1. The molecule has 0 radical (unpaired) electrons. The van der Waals surface area contributed by atoms with Crippen LogP contribution < -0.4 is 9.47 Å². The molecule has 0 aromatic heterocycles. The van der Waals surface area contributed by atoms with Crippen molar-refractivity contribution in [1.29, 1.82) is 0 Å². The molecule has 0 aliphatic heterocycles. The van der Waals surface area contributed by atoms with Crippen LogP contribution >= 0.6 is 24.4 Å². The highest BCUT2D eigenvalue weighted by molar-refractivity contribution is 7.99. The average Bonchev–Trinajstić information content (AvgIpc) is 2.91. The van der Waals surface area contributed by atoms with Crippen molar-refractivity contribution in [3.63, 3.8) is 0 Å². The van der Waals surface area contributed by atoms with Gasteiger partial charge >= 0.3 is 0 Å². The molecule has 4 aromatic carbocycles. The van der Waals surface area contributed by atoms with Crippen molar-refractivity contribution in [2.24, 2.45) is 0 Å². The fraction of sp³-hybridized carbons (Fsp3) is 0.0714. The summed E-state index contributed by atoms with van der Waals surface area (Å²) in [5, 5.41) is 0. The van der Waals surface area contributed by atoms with Gasteiger partial charge in [-0.3, -0.25) is 9.59 Å². The third-order valence-corrected chi connectivity index (χ3v) is 5.70. The Bertz CT molecular complexity index is 1160. The summed E-state index contributed by atoms with van der Waals surface area (Å²) >= 11 is 5.77. The lowest BCUT2D eigenvalue weighted by molar-refractivity contribution is 0.111. The molecule has 0 bridgehead atoms. The minimum absolute atomic E-state index is 0.319. The SMILES string of the molecule is COc1ccc(S)cc1.COc1ccc(Sc2ccc(C=O)cc2)cc1.O=Cc1ccc(F)cc1. The Morgan fingerprint density at radius 3 is 1.40 bits per heavy atom. The molecule has 0 spiro atoms. The highest BCUT2D eigenvalue weighted by Crippen LogP contribution is 2.28. The molecule has 0 aliphatic rings. The molecule has 180 valence electrons. The van der Waals surface area contributed by atoms with Crippen LogP contribution in [0.1, 0.15) is 20.7 Å². The molecule has 0 fully saturated rings. The zero-order chi connectivity index (χ0) is 25.5. The fourth-order valence-corrected chi connectivity index (χ4v) is 3.48. The Morgan fingerprint density at radius 2 is 1.00 bits per heavy atom. The number of benzene rings is 4. The van der Waals surface area contributed by atoms with Crippen LogP contribution in [0, 0.1) is 5.82 Å². The van der Waals surface area contributed by atoms with Crippen molar-refractivity contribution in [1.82, 2.24) is 0 Å². The molecule has 0 saturated heterocycles. The van der Waals surface area contributed by atoms with Crippen molar-refractivity contribution in [2.75, 3.05) is 14.2 Å². The second-order valence-corrected chi connectivity index (χ2v) is 8.50. The number of hydrogen-bond acceptors (Lipinski definition) is 6. The summed E-state index contributed by atoms with van der Waals surface area (Å²) in [7, 11) is 3.30. The maximum Gasteiger partial charge on any atom is 0.150 e. The van der Waals surface area contributed by atoms with Crippen LogP contribution in [0.2, 0.25) is 0 Å². The van der Waals surface area contributed by atoms with E-state index in [1.807, 2.05) is 72.8 Å². The number of hydrogen-bond donors (Lipinski definition) is 1. The van der Waals surface area contributed by atoms with E-state index < -0.39 is 0 Å². The summed E-state index contributed by atoms with van der Waals surface area (Å²) in [5.41, 5.74) is 1.19. The van der Waals surface area contributed by atoms with E-state index in [4.69, 9.17) is 9.47 Å². The Kier molecular flexibility index (Phi) is 12.2. The molecule has 0 saturated carbocycles. The van der Waals surface area contributed by atoms with Crippen LogP contribution in [0.15, 0.2) is 112 Å². The second kappa shape index (κ2) is 15.4. The monoisotopic (exact) mass is 508 g/mol. The minimum atomic E-state index is -0.319. The quantitative estimate of drug-likeness (QED) is 0.219. The van der Waals surface area contributed by atoms with Gasteiger partial charge in [0.25, 0.3) is 0 Å². The van der Waals surface area contributed by atoms with Gasteiger partial charge in [0.1, 0.15) is 29.9 Å². The van der Waals surface area contributed by atoms with Crippen LogP contribution in [-0.2, 0) is 0 Å². The van der Waals surface area contributed by atoms with E-state index >= 15 is 0 Å². The molecule has 0 N–H and O–H groups in total. The third kappa shape index (κ3) is 10.5. The topological polar surface area (TPSA) is 52.6 Å². The molecular weight excluding hydrogens is 483 g/mol. The van der Waals surface area contributed by atoms with Crippen molar-refractivity contribution in [2.45, 2.75) is 14.7 Å². The van der Waals surface area contributed by atoms with Crippen LogP contribution in [0.5, 0.6) is 11.5 Å². The summed E-state index contributed by atoms with van der Waals surface area (Å²) in [6.45, 7) is 0. The lowest BCUT2D eigenvalue weighted by Crippen LogP contribution is -1.82. The van der Waals surface area contributed by atoms with Gasteiger partial charge in [0.05, 0.1) is 14.2 Å². The number of aldehydes is 2. The van der Waals surface area contributed by atoms with Gasteiger partial charge in [-0.2, -0.15) is 0 Å². The molecule has 0 unspecified atom stereocenters.